The lowest BCUT2D eigenvalue weighted by Gasteiger charge is -2.10. The number of hydrogen-bond acceptors (Lipinski definition) is 3. The number of carbonyl (C=O) groups is 3. The number of rotatable bonds is 3. The van der Waals surface area contributed by atoms with Crippen molar-refractivity contribution < 1.29 is 23.2 Å². The molecule has 1 aromatic heterocycles. The first-order valence-corrected chi connectivity index (χ1v) is 7.28. The first-order chi connectivity index (χ1) is 11.3. The first kappa shape index (κ1) is 16.0. The van der Waals surface area contributed by atoms with Crippen LogP contribution in [0.2, 0.25) is 0 Å². The molecule has 1 aromatic carbocycles. The zero-order chi connectivity index (χ0) is 17.6. The first-order valence-electron chi connectivity index (χ1n) is 7.28. The maximum atomic E-state index is 13.3. The molecule has 1 unspecified atom stereocenters. The van der Waals surface area contributed by atoms with E-state index in [1.54, 1.807) is 17.7 Å². The van der Waals surface area contributed by atoms with E-state index in [0.29, 0.717) is 11.3 Å². The molecule has 1 N–H and O–H groups in total. The van der Waals surface area contributed by atoms with Crippen LogP contribution in [0.5, 0.6) is 0 Å². The molecule has 0 saturated carbocycles. The van der Waals surface area contributed by atoms with E-state index in [-0.39, 0.29) is 29.4 Å². The molecule has 2 heterocycles. The van der Waals surface area contributed by atoms with Gasteiger partial charge in [-0.3, -0.25) is 14.4 Å². The molecular formula is C17H14F2N2O3. The fraction of sp³-hybridized carbons (Fsp3) is 0.235. The van der Waals surface area contributed by atoms with Crippen molar-refractivity contribution in [2.24, 2.45) is 0 Å². The van der Waals surface area contributed by atoms with Gasteiger partial charge in [0.1, 0.15) is 11.7 Å². The molecule has 1 amide bonds. The molecule has 124 valence electrons. The Hall–Kier alpha value is -2.83. The van der Waals surface area contributed by atoms with Crippen LogP contribution in [0.1, 0.15) is 34.5 Å². The topological polar surface area (TPSA) is 68.2 Å². The van der Waals surface area contributed by atoms with Crippen LogP contribution < -0.4 is 5.32 Å². The van der Waals surface area contributed by atoms with E-state index in [0.717, 1.165) is 12.1 Å². The van der Waals surface area contributed by atoms with Gasteiger partial charge in [-0.15, -0.1) is 0 Å². The summed E-state index contributed by atoms with van der Waals surface area (Å²) in [5, 5.41) is 2.48. The molecule has 7 heteroatoms. The number of anilines is 1. The van der Waals surface area contributed by atoms with Crippen molar-refractivity contribution in [3.63, 3.8) is 0 Å². The van der Waals surface area contributed by atoms with E-state index < -0.39 is 23.5 Å². The van der Waals surface area contributed by atoms with Crippen molar-refractivity contribution >= 4 is 23.2 Å². The Morgan fingerprint density at radius 1 is 1.25 bits per heavy atom. The molecule has 0 saturated heterocycles. The SMILES string of the molecule is CC(=O)C1C(=O)Cn2cc(C)c(C(=O)Nc3ccc(F)c(F)c3)c21. The van der Waals surface area contributed by atoms with Crippen LogP contribution in [0.4, 0.5) is 14.5 Å². The monoisotopic (exact) mass is 332 g/mol. The van der Waals surface area contributed by atoms with Crippen molar-refractivity contribution in [2.45, 2.75) is 26.3 Å². The number of ketones is 2. The zero-order valence-corrected chi connectivity index (χ0v) is 13.0. The van der Waals surface area contributed by atoms with Gasteiger partial charge in [0, 0.05) is 23.6 Å². The molecule has 2 aromatic rings. The number of benzene rings is 1. The Morgan fingerprint density at radius 2 is 1.96 bits per heavy atom. The third-order valence-corrected chi connectivity index (χ3v) is 4.04. The largest absolute Gasteiger partial charge is 0.342 e. The van der Waals surface area contributed by atoms with Crippen molar-refractivity contribution in [3.05, 3.63) is 52.9 Å². The van der Waals surface area contributed by atoms with Crippen molar-refractivity contribution in [1.29, 1.82) is 0 Å². The standard InChI is InChI=1S/C17H14F2N2O3/c1-8-6-21-7-13(23)15(9(2)22)16(21)14(8)17(24)20-10-3-4-11(18)12(19)5-10/h3-6,15H,7H2,1-2H3,(H,20,24). The van der Waals surface area contributed by atoms with Gasteiger partial charge < -0.3 is 9.88 Å². The number of Topliss-reactive ketones (excluding diaryl/α,β-unsaturated/α-hetero) is 2. The molecule has 0 bridgehead atoms. The lowest BCUT2D eigenvalue weighted by molar-refractivity contribution is -0.127. The molecule has 3 rings (SSSR count). The average Bonchev–Trinajstić information content (AvgIpc) is 2.95. The van der Waals surface area contributed by atoms with Crippen LogP contribution in [0.15, 0.2) is 24.4 Å². The third-order valence-electron chi connectivity index (χ3n) is 4.04. The second-order valence-electron chi connectivity index (χ2n) is 5.79. The molecule has 0 radical (unpaired) electrons. The lowest BCUT2D eigenvalue weighted by Crippen LogP contribution is -2.20. The van der Waals surface area contributed by atoms with E-state index in [9.17, 15) is 23.2 Å². The summed E-state index contributed by atoms with van der Waals surface area (Å²) in [4.78, 5) is 36.3. The Balaban J connectivity index is 1.98. The highest BCUT2D eigenvalue weighted by molar-refractivity contribution is 6.13. The molecular weight excluding hydrogens is 318 g/mol. The summed E-state index contributed by atoms with van der Waals surface area (Å²) in [5.74, 6) is -4.24. The molecule has 5 nitrogen and oxygen atoms in total. The molecule has 0 fully saturated rings. The van der Waals surface area contributed by atoms with Crippen LogP contribution in [0, 0.1) is 18.6 Å². The summed E-state index contributed by atoms with van der Waals surface area (Å²) < 4.78 is 27.8. The minimum absolute atomic E-state index is 0.0406. The van der Waals surface area contributed by atoms with Crippen molar-refractivity contribution in [1.82, 2.24) is 4.57 Å². The minimum Gasteiger partial charge on any atom is -0.342 e. The van der Waals surface area contributed by atoms with E-state index in [1.165, 1.54) is 13.0 Å². The van der Waals surface area contributed by atoms with Gasteiger partial charge in [-0.2, -0.15) is 0 Å². The number of amides is 1. The van der Waals surface area contributed by atoms with E-state index in [1.807, 2.05) is 0 Å². The number of hydrogen-bond donors (Lipinski definition) is 1. The Bertz CT molecular complexity index is 886. The fourth-order valence-corrected chi connectivity index (χ4v) is 3.05. The molecule has 0 aliphatic carbocycles. The Kier molecular flexibility index (Phi) is 3.79. The quantitative estimate of drug-likeness (QED) is 0.879. The normalized spacial score (nSPS) is 16.2. The van der Waals surface area contributed by atoms with Crippen LogP contribution in [0.25, 0.3) is 0 Å². The second kappa shape index (κ2) is 5.67. The summed E-state index contributed by atoms with van der Waals surface area (Å²) in [7, 11) is 0. The van der Waals surface area contributed by atoms with E-state index in [2.05, 4.69) is 5.32 Å². The summed E-state index contributed by atoms with van der Waals surface area (Å²) >= 11 is 0. The maximum absolute atomic E-state index is 13.3. The minimum atomic E-state index is -1.08. The number of nitrogens with one attached hydrogen (secondary N) is 1. The lowest BCUT2D eigenvalue weighted by atomic mass is 9.94. The highest BCUT2D eigenvalue weighted by atomic mass is 19.2. The van der Waals surface area contributed by atoms with Gasteiger partial charge in [0.25, 0.3) is 5.91 Å². The number of aromatic nitrogens is 1. The zero-order valence-electron chi connectivity index (χ0n) is 13.0. The summed E-state index contributed by atoms with van der Waals surface area (Å²) in [6, 6.07) is 3.01. The van der Waals surface area contributed by atoms with Gasteiger partial charge in [0.15, 0.2) is 17.4 Å². The van der Waals surface area contributed by atoms with Crippen LogP contribution in [-0.2, 0) is 16.1 Å². The average molecular weight is 332 g/mol. The number of aryl methyl sites for hydroxylation is 1. The van der Waals surface area contributed by atoms with Gasteiger partial charge in [-0.1, -0.05) is 0 Å². The van der Waals surface area contributed by atoms with Crippen molar-refractivity contribution in [2.75, 3.05) is 5.32 Å². The highest BCUT2D eigenvalue weighted by Crippen LogP contribution is 2.33. The van der Waals surface area contributed by atoms with Crippen LogP contribution in [-0.4, -0.2) is 22.0 Å². The third kappa shape index (κ3) is 2.51. The Labute approximate surface area is 136 Å². The number of carbonyl (C=O) groups excluding carboxylic acids is 3. The number of fused-ring (bicyclic) bond motifs is 1. The van der Waals surface area contributed by atoms with Crippen molar-refractivity contribution in [3.8, 4) is 0 Å². The van der Waals surface area contributed by atoms with E-state index >= 15 is 0 Å². The molecule has 24 heavy (non-hydrogen) atoms. The molecule has 0 spiro atoms. The van der Waals surface area contributed by atoms with Gasteiger partial charge in [-0.25, -0.2) is 8.78 Å². The summed E-state index contributed by atoms with van der Waals surface area (Å²) in [6.45, 7) is 3.03. The Morgan fingerprint density at radius 3 is 2.58 bits per heavy atom. The van der Waals surface area contributed by atoms with Crippen LogP contribution >= 0.6 is 0 Å². The maximum Gasteiger partial charge on any atom is 0.257 e. The molecule has 1 aliphatic rings. The number of halogens is 2. The molecule has 1 aliphatic heterocycles. The predicted octanol–water partition coefficient (Wildman–Crippen LogP) is 2.58. The van der Waals surface area contributed by atoms with Crippen LogP contribution in [0.3, 0.4) is 0 Å². The van der Waals surface area contributed by atoms with Gasteiger partial charge in [0.05, 0.1) is 12.1 Å². The molecule has 1 atom stereocenters. The highest BCUT2D eigenvalue weighted by Gasteiger charge is 2.39. The number of nitrogens with zero attached hydrogens (tertiary/aromatic N) is 1. The summed E-state index contributed by atoms with van der Waals surface area (Å²) in [5.41, 5.74) is 1.25. The van der Waals surface area contributed by atoms with E-state index in [4.69, 9.17) is 0 Å². The summed E-state index contributed by atoms with van der Waals surface area (Å²) in [6.07, 6.45) is 1.64. The van der Waals surface area contributed by atoms with Gasteiger partial charge in [-0.05, 0) is 31.5 Å². The van der Waals surface area contributed by atoms with Gasteiger partial charge >= 0.3 is 0 Å². The van der Waals surface area contributed by atoms with Gasteiger partial charge in [0.2, 0.25) is 0 Å². The smallest absolute Gasteiger partial charge is 0.257 e. The fourth-order valence-electron chi connectivity index (χ4n) is 3.05. The predicted molar refractivity (Wildman–Crippen MR) is 81.9 cm³/mol. The second-order valence-corrected chi connectivity index (χ2v) is 5.79.